The van der Waals surface area contributed by atoms with Gasteiger partial charge in [-0.15, -0.1) is 0 Å². The van der Waals surface area contributed by atoms with Crippen LogP contribution in [-0.2, 0) is 0 Å². The van der Waals surface area contributed by atoms with Crippen LogP contribution in [0.3, 0.4) is 0 Å². The van der Waals surface area contributed by atoms with Crippen LogP contribution in [0.5, 0.6) is 5.88 Å². The van der Waals surface area contributed by atoms with Crippen molar-refractivity contribution in [2.24, 2.45) is 0 Å². The largest absolute Gasteiger partial charge is 0.477 e. The van der Waals surface area contributed by atoms with Gasteiger partial charge in [0.05, 0.1) is 11.0 Å². The molecular formula is C10H12N2O5. The molecule has 0 spiro atoms. The highest BCUT2D eigenvalue weighted by Crippen LogP contribution is 2.25. The fraction of sp³-hybridized carbons (Fsp3) is 0.400. The number of aromatic carboxylic acids is 1. The second-order valence-corrected chi connectivity index (χ2v) is 3.42. The summed E-state index contributed by atoms with van der Waals surface area (Å²) < 4.78 is 5.23. The van der Waals surface area contributed by atoms with E-state index in [1.807, 2.05) is 6.92 Å². The lowest BCUT2D eigenvalue weighted by molar-refractivity contribution is -0.386. The molecule has 1 aromatic rings. The number of aromatic nitrogens is 1. The first-order valence-corrected chi connectivity index (χ1v) is 5.01. The Morgan fingerprint density at radius 2 is 2.29 bits per heavy atom. The smallest absolute Gasteiger partial charge is 0.354 e. The molecule has 1 rings (SSSR count). The van der Waals surface area contributed by atoms with Gasteiger partial charge in [-0.05, 0) is 19.4 Å². The molecule has 92 valence electrons. The maximum Gasteiger partial charge on any atom is 0.354 e. The van der Waals surface area contributed by atoms with Gasteiger partial charge >= 0.3 is 11.7 Å². The first-order chi connectivity index (χ1) is 7.95. The Bertz CT molecular complexity index is 446. The van der Waals surface area contributed by atoms with E-state index < -0.39 is 10.9 Å². The molecular weight excluding hydrogens is 228 g/mol. The Balaban J connectivity index is 3.15. The lowest BCUT2D eigenvalue weighted by Gasteiger charge is -2.11. The van der Waals surface area contributed by atoms with Crippen molar-refractivity contribution in [3.8, 4) is 5.88 Å². The molecule has 1 unspecified atom stereocenters. The molecule has 0 aliphatic heterocycles. The number of carboxylic acids is 1. The predicted molar refractivity (Wildman–Crippen MR) is 58.2 cm³/mol. The molecule has 0 aliphatic carbocycles. The van der Waals surface area contributed by atoms with E-state index in [1.165, 1.54) is 0 Å². The molecule has 1 aromatic heterocycles. The average Bonchev–Trinajstić information content (AvgIpc) is 2.28. The number of nitro groups is 1. The molecule has 0 aromatic carbocycles. The monoisotopic (exact) mass is 240 g/mol. The summed E-state index contributed by atoms with van der Waals surface area (Å²) in [6.07, 6.45) is 0.362. The molecule has 0 saturated heterocycles. The van der Waals surface area contributed by atoms with Crippen LogP contribution in [0, 0.1) is 10.1 Å². The molecule has 1 N–H and O–H groups in total. The third-order valence-electron chi connectivity index (χ3n) is 2.14. The fourth-order valence-corrected chi connectivity index (χ4v) is 1.05. The Morgan fingerprint density at radius 3 is 2.76 bits per heavy atom. The number of hydrogen-bond donors (Lipinski definition) is 1. The fourth-order valence-electron chi connectivity index (χ4n) is 1.05. The van der Waals surface area contributed by atoms with Gasteiger partial charge in [-0.2, -0.15) is 0 Å². The number of nitrogens with zero attached hydrogens (tertiary/aromatic N) is 2. The molecule has 0 amide bonds. The Kier molecular flexibility index (Phi) is 3.97. The van der Waals surface area contributed by atoms with Crippen LogP contribution < -0.4 is 4.74 Å². The summed E-state index contributed by atoms with van der Waals surface area (Å²) in [5.74, 6) is -1.52. The quantitative estimate of drug-likeness (QED) is 0.622. The van der Waals surface area contributed by atoms with Crippen LogP contribution in [-0.4, -0.2) is 27.1 Å². The molecule has 0 bridgehead atoms. The number of pyridine rings is 1. The molecule has 1 heterocycles. The van der Waals surface area contributed by atoms with Gasteiger partial charge in [0.2, 0.25) is 0 Å². The summed E-state index contributed by atoms with van der Waals surface area (Å²) in [7, 11) is 0. The van der Waals surface area contributed by atoms with Gasteiger partial charge in [-0.3, -0.25) is 10.1 Å². The van der Waals surface area contributed by atoms with Crippen LogP contribution in [0.2, 0.25) is 0 Å². The number of hydrogen-bond acceptors (Lipinski definition) is 5. The minimum Gasteiger partial charge on any atom is -0.477 e. The molecule has 0 aliphatic rings. The van der Waals surface area contributed by atoms with E-state index in [9.17, 15) is 14.9 Å². The molecule has 0 saturated carbocycles. The summed E-state index contributed by atoms with van der Waals surface area (Å²) >= 11 is 0. The second-order valence-electron chi connectivity index (χ2n) is 3.42. The molecule has 17 heavy (non-hydrogen) atoms. The van der Waals surface area contributed by atoms with Crippen molar-refractivity contribution >= 4 is 11.7 Å². The molecule has 1 atom stereocenters. The third-order valence-corrected chi connectivity index (χ3v) is 2.14. The van der Waals surface area contributed by atoms with E-state index in [1.54, 1.807) is 6.92 Å². The molecule has 7 nitrogen and oxygen atoms in total. The second kappa shape index (κ2) is 5.24. The van der Waals surface area contributed by atoms with Crippen molar-refractivity contribution in [2.45, 2.75) is 26.4 Å². The zero-order valence-electron chi connectivity index (χ0n) is 9.41. The summed E-state index contributed by atoms with van der Waals surface area (Å²) in [5.41, 5.74) is -0.621. The summed E-state index contributed by atoms with van der Waals surface area (Å²) in [6, 6.07) is 2.15. The van der Waals surface area contributed by atoms with Crippen LogP contribution in [0.4, 0.5) is 5.69 Å². The van der Waals surface area contributed by atoms with Gasteiger partial charge in [0.15, 0.2) is 5.69 Å². The molecule has 7 heteroatoms. The van der Waals surface area contributed by atoms with Gasteiger partial charge in [-0.1, -0.05) is 6.92 Å². The van der Waals surface area contributed by atoms with Crippen molar-refractivity contribution in [1.82, 2.24) is 4.98 Å². The zero-order valence-corrected chi connectivity index (χ0v) is 9.41. The summed E-state index contributed by atoms with van der Waals surface area (Å²) in [4.78, 5) is 24.4. The zero-order chi connectivity index (χ0) is 13.0. The Hall–Kier alpha value is -2.18. The lowest BCUT2D eigenvalue weighted by atomic mass is 10.3. The average molecular weight is 240 g/mol. The number of ether oxygens (including phenoxy) is 1. The van der Waals surface area contributed by atoms with Crippen molar-refractivity contribution in [2.75, 3.05) is 0 Å². The van der Waals surface area contributed by atoms with Gasteiger partial charge in [0.25, 0.3) is 5.88 Å². The third kappa shape index (κ3) is 3.13. The van der Waals surface area contributed by atoms with Crippen molar-refractivity contribution < 1.29 is 19.6 Å². The first kappa shape index (κ1) is 12.9. The highest BCUT2D eigenvalue weighted by molar-refractivity contribution is 5.85. The minimum absolute atomic E-state index is 0.260. The SMILES string of the molecule is CCC(C)Oc1nc(C(=O)O)ccc1[N+](=O)[O-]. The van der Waals surface area contributed by atoms with Gasteiger partial charge in [0, 0.05) is 6.07 Å². The maximum absolute atomic E-state index is 10.7. The van der Waals surface area contributed by atoms with Crippen LogP contribution in [0.1, 0.15) is 30.8 Å². The van der Waals surface area contributed by atoms with E-state index in [-0.39, 0.29) is 23.4 Å². The van der Waals surface area contributed by atoms with Gasteiger partial charge in [-0.25, -0.2) is 9.78 Å². The maximum atomic E-state index is 10.7. The van der Waals surface area contributed by atoms with Gasteiger partial charge in [0.1, 0.15) is 0 Å². The standard InChI is InChI=1S/C10H12N2O5/c1-3-6(2)17-9-8(12(15)16)5-4-7(11-9)10(13)14/h4-6H,3H2,1-2H3,(H,13,14). The van der Waals surface area contributed by atoms with Crippen LogP contribution >= 0.6 is 0 Å². The minimum atomic E-state index is -1.26. The van der Waals surface area contributed by atoms with Crippen molar-refractivity contribution in [1.29, 1.82) is 0 Å². The molecule has 0 fully saturated rings. The Labute approximate surface area is 97.2 Å². The number of carbonyl (C=O) groups is 1. The van der Waals surface area contributed by atoms with E-state index in [0.29, 0.717) is 6.42 Å². The highest BCUT2D eigenvalue weighted by Gasteiger charge is 2.21. The highest BCUT2D eigenvalue weighted by atomic mass is 16.6. The number of carboxylic acid groups (broad SMARTS) is 1. The predicted octanol–water partition coefficient (Wildman–Crippen LogP) is 1.87. The van der Waals surface area contributed by atoms with E-state index in [2.05, 4.69) is 4.98 Å². The van der Waals surface area contributed by atoms with Gasteiger partial charge < -0.3 is 9.84 Å². The normalized spacial score (nSPS) is 11.9. The summed E-state index contributed by atoms with van der Waals surface area (Å²) in [5, 5.41) is 19.5. The van der Waals surface area contributed by atoms with E-state index in [4.69, 9.17) is 9.84 Å². The van der Waals surface area contributed by atoms with Crippen LogP contribution in [0.15, 0.2) is 12.1 Å². The summed E-state index contributed by atoms with van der Waals surface area (Å²) in [6.45, 7) is 3.57. The topological polar surface area (TPSA) is 103 Å². The lowest BCUT2D eigenvalue weighted by Crippen LogP contribution is -2.13. The van der Waals surface area contributed by atoms with E-state index >= 15 is 0 Å². The van der Waals surface area contributed by atoms with Crippen LogP contribution in [0.25, 0.3) is 0 Å². The first-order valence-electron chi connectivity index (χ1n) is 5.01. The Morgan fingerprint density at radius 1 is 1.65 bits per heavy atom. The van der Waals surface area contributed by atoms with E-state index in [0.717, 1.165) is 12.1 Å². The van der Waals surface area contributed by atoms with Crippen molar-refractivity contribution in [3.63, 3.8) is 0 Å². The van der Waals surface area contributed by atoms with Crippen molar-refractivity contribution in [3.05, 3.63) is 27.9 Å². The number of rotatable bonds is 5. The molecule has 0 radical (unpaired) electrons.